The third-order valence-corrected chi connectivity index (χ3v) is 2.96. The van der Waals surface area contributed by atoms with Gasteiger partial charge in [-0.15, -0.1) is 0 Å². The zero-order valence-electron chi connectivity index (χ0n) is 8.96. The second-order valence-corrected chi connectivity index (χ2v) is 4.10. The van der Waals surface area contributed by atoms with E-state index in [0.717, 1.165) is 34.6 Å². The van der Waals surface area contributed by atoms with E-state index in [1.807, 2.05) is 24.3 Å². The van der Waals surface area contributed by atoms with Crippen LogP contribution in [0.3, 0.4) is 0 Å². The van der Waals surface area contributed by atoms with Gasteiger partial charge in [0.15, 0.2) is 0 Å². The van der Waals surface area contributed by atoms with E-state index in [1.165, 1.54) is 0 Å². The van der Waals surface area contributed by atoms with Gasteiger partial charge < -0.3 is 15.4 Å². The molecule has 0 unspecified atom stereocenters. The molecule has 16 heavy (non-hydrogen) atoms. The molecular formula is C12H15ClN2O. The van der Waals surface area contributed by atoms with Crippen molar-refractivity contribution in [3.63, 3.8) is 0 Å². The highest BCUT2D eigenvalue weighted by Crippen LogP contribution is 2.26. The smallest absolute Gasteiger partial charge is 0.0705 e. The van der Waals surface area contributed by atoms with Crippen LogP contribution < -0.4 is 5.32 Å². The molecule has 0 fully saturated rings. The number of benzene rings is 1. The topological polar surface area (TPSA) is 48.0 Å². The molecule has 0 amide bonds. The van der Waals surface area contributed by atoms with Gasteiger partial charge in [0.1, 0.15) is 0 Å². The van der Waals surface area contributed by atoms with Crippen molar-refractivity contribution < 1.29 is 5.11 Å². The molecule has 0 atom stereocenters. The van der Waals surface area contributed by atoms with Gasteiger partial charge in [0.2, 0.25) is 0 Å². The number of aliphatic hydroxyl groups excluding tert-OH is 1. The normalized spacial score (nSPS) is 11.1. The lowest BCUT2D eigenvalue weighted by Gasteiger charge is -2.01. The Morgan fingerprint density at radius 1 is 1.31 bits per heavy atom. The largest absolute Gasteiger partial charge is 0.396 e. The van der Waals surface area contributed by atoms with Crippen LogP contribution in [0.5, 0.6) is 0 Å². The summed E-state index contributed by atoms with van der Waals surface area (Å²) in [6, 6.07) is 7.98. The standard InChI is InChI=1S/C12H15ClN2O/c13-12-9-4-1-2-5-10(9)15-11(12)8-14-6-3-7-16/h1-2,4-5,14-16H,3,6-8H2. The molecule has 86 valence electrons. The van der Waals surface area contributed by atoms with Crippen LogP contribution in [0.2, 0.25) is 5.02 Å². The summed E-state index contributed by atoms with van der Waals surface area (Å²) in [5.74, 6) is 0. The molecule has 3 N–H and O–H groups in total. The third-order valence-electron chi connectivity index (χ3n) is 2.53. The van der Waals surface area contributed by atoms with Crippen molar-refractivity contribution in [2.24, 2.45) is 0 Å². The van der Waals surface area contributed by atoms with Gasteiger partial charge in [-0.05, 0) is 19.0 Å². The van der Waals surface area contributed by atoms with Gasteiger partial charge in [-0.1, -0.05) is 29.8 Å². The maximum Gasteiger partial charge on any atom is 0.0705 e. The first kappa shape index (κ1) is 11.5. The second kappa shape index (κ2) is 5.34. The van der Waals surface area contributed by atoms with Crippen LogP contribution in [0.25, 0.3) is 10.9 Å². The Bertz CT molecular complexity index is 467. The van der Waals surface area contributed by atoms with Crippen molar-refractivity contribution in [1.29, 1.82) is 0 Å². The lowest BCUT2D eigenvalue weighted by molar-refractivity contribution is 0.286. The van der Waals surface area contributed by atoms with Gasteiger partial charge in [-0.25, -0.2) is 0 Å². The first-order chi connectivity index (χ1) is 7.83. The Kier molecular flexibility index (Phi) is 3.83. The van der Waals surface area contributed by atoms with E-state index in [0.29, 0.717) is 6.54 Å². The summed E-state index contributed by atoms with van der Waals surface area (Å²) in [7, 11) is 0. The van der Waals surface area contributed by atoms with Gasteiger partial charge in [0.25, 0.3) is 0 Å². The molecule has 0 aliphatic carbocycles. The van der Waals surface area contributed by atoms with E-state index < -0.39 is 0 Å². The van der Waals surface area contributed by atoms with Crippen LogP contribution in [0.4, 0.5) is 0 Å². The average Bonchev–Trinajstić information content (AvgIpc) is 2.63. The molecule has 0 saturated carbocycles. The number of nitrogens with one attached hydrogen (secondary N) is 2. The van der Waals surface area contributed by atoms with Crippen LogP contribution in [0.15, 0.2) is 24.3 Å². The Hall–Kier alpha value is -1.03. The van der Waals surface area contributed by atoms with Crippen molar-refractivity contribution in [3.05, 3.63) is 35.0 Å². The molecule has 0 saturated heterocycles. The molecule has 4 heteroatoms. The van der Waals surface area contributed by atoms with Crippen LogP contribution in [0.1, 0.15) is 12.1 Å². The molecule has 1 aromatic heterocycles. The summed E-state index contributed by atoms with van der Waals surface area (Å²) in [5, 5.41) is 13.7. The van der Waals surface area contributed by atoms with Crippen LogP contribution in [0, 0.1) is 0 Å². The minimum Gasteiger partial charge on any atom is -0.396 e. The van der Waals surface area contributed by atoms with Crippen molar-refractivity contribution in [2.75, 3.05) is 13.2 Å². The number of aromatic nitrogens is 1. The van der Waals surface area contributed by atoms with Crippen molar-refractivity contribution in [2.45, 2.75) is 13.0 Å². The number of hydrogen-bond acceptors (Lipinski definition) is 2. The summed E-state index contributed by atoms with van der Waals surface area (Å²) < 4.78 is 0. The number of H-pyrrole nitrogens is 1. The monoisotopic (exact) mass is 238 g/mol. The minimum absolute atomic E-state index is 0.216. The van der Waals surface area contributed by atoms with E-state index in [2.05, 4.69) is 10.3 Å². The number of hydrogen-bond donors (Lipinski definition) is 3. The van der Waals surface area contributed by atoms with E-state index in [1.54, 1.807) is 0 Å². The fourth-order valence-corrected chi connectivity index (χ4v) is 1.98. The molecule has 0 radical (unpaired) electrons. The number of para-hydroxylation sites is 1. The SMILES string of the molecule is OCCCNCc1[nH]c2ccccc2c1Cl. The molecule has 2 aromatic rings. The minimum atomic E-state index is 0.216. The zero-order valence-corrected chi connectivity index (χ0v) is 9.72. The second-order valence-electron chi connectivity index (χ2n) is 3.72. The van der Waals surface area contributed by atoms with Crippen LogP contribution in [-0.2, 0) is 6.54 Å². The number of fused-ring (bicyclic) bond motifs is 1. The van der Waals surface area contributed by atoms with Crippen molar-refractivity contribution in [1.82, 2.24) is 10.3 Å². The molecule has 0 aliphatic heterocycles. The quantitative estimate of drug-likeness (QED) is 0.700. The molecule has 0 bridgehead atoms. The number of aliphatic hydroxyl groups is 1. The number of halogens is 1. The van der Waals surface area contributed by atoms with E-state index in [-0.39, 0.29) is 6.61 Å². The Labute approximate surface area is 99.4 Å². The van der Waals surface area contributed by atoms with Crippen LogP contribution in [-0.4, -0.2) is 23.2 Å². The predicted molar refractivity (Wildman–Crippen MR) is 66.7 cm³/mol. The third kappa shape index (κ3) is 2.38. The fourth-order valence-electron chi connectivity index (χ4n) is 1.70. The molecular weight excluding hydrogens is 224 g/mol. The zero-order chi connectivity index (χ0) is 11.4. The predicted octanol–water partition coefficient (Wildman–Crippen LogP) is 2.29. The maximum absolute atomic E-state index is 8.66. The van der Waals surface area contributed by atoms with E-state index in [9.17, 15) is 0 Å². The average molecular weight is 239 g/mol. The fraction of sp³-hybridized carbons (Fsp3) is 0.333. The summed E-state index contributed by atoms with van der Waals surface area (Å²) in [6.07, 6.45) is 0.762. The lowest BCUT2D eigenvalue weighted by Crippen LogP contribution is -2.16. The summed E-state index contributed by atoms with van der Waals surface area (Å²) in [6.45, 7) is 1.71. The first-order valence-corrected chi connectivity index (χ1v) is 5.77. The number of rotatable bonds is 5. The van der Waals surface area contributed by atoms with E-state index in [4.69, 9.17) is 16.7 Å². The van der Waals surface area contributed by atoms with Gasteiger partial charge in [-0.2, -0.15) is 0 Å². The molecule has 0 aliphatic rings. The van der Waals surface area contributed by atoms with Gasteiger partial charge >= 0.3 is 0 Å². The van der Waals surface area contributed by atoms with Gasteiger partial charge in [0.05, 0.1) is 5.02 Å². The molecule has 1 aromatic carbocycles. The highest BCUT2D eigenvalue weighted by molar-refractivity contribution is 6.36. The highest BCUT2D eigenvalue weighted by atomic mass is 35.5. The summed E-state index contributed by atoms with van der Waals surface area (Å²) in [5.41, 5.74) is 2.06. The van der Waals surface area contributed by atoms with Crippen LogP contribution >= 0.6 is 11.6 Å². The molecule has 0 spiro atoms. The number of aromatic amines is 1. The van der Waals surface area contributed by atoms with E-state index >= 15 is 0 Å². The Morgan fingerprint density at radius 2 is 2.12 bits per heavy atom. The molecule has 2 rings (SSSR count). The lowest BCUT2D eigenvalue weighted by atomic mass is 10.2. The highest BCUT2D eigenvalue weighted by Gasteiger charge is 2.07. The Balaban J connectivity index is 2.09. The van der Waals surface area contributed by atoms with Gasteiger partial charge in [0, 0.05) is 29.7 Å². The van der Waals surface area contributed by atoms with Crippen molar-refractivity contribution >= 4 is 22.5 Å². The molecule has 1 heterocycles. The van der Waals surface area contributed by atoms with Gasteiger partial charge in [-0.3, -0.25) is 0 Å². The first-order valence-electron chi connectivity index (χ1n) is 5.39. The summed E-state index contributed by atoms with van der Waals surface area (Å²) in [4.78, 5) is 3.28. The summed E-state index contributed by atoms with van der Waals surface area (Å²) >= 11 is 6.25. The molecule has 3 nitrogen and oxygen atoms in total. The Morgan fingerprint density at radius 3 is 2.88 bits per heavy atom. The van der Waals surface area contributed by atoms with Crippen molar-refractivity contribution in [3.8, 4) is 0 Å². The maximum atomic E-state index is 8.66.